The molecule has 0 aromatic heterocycles. The van der Waals surface area contributed by atoms with Crippen LogP contribution in [0, 0.1) is 45.3 Å². The van der Waals surface area contributed by atoms with Crippen LogP contribution in [0.4, 0.5) is 0 Å². The maximum Gasteiger partial charge on any atom is 0.168 e. The van der Waals surface area contributed by atoms with Crippen LogP contribution < -0.4 is 0 Å². The van der Waals surface area contributed by atoms with Gasteiger partial charge < -0.3 is 14.9 Å². The van der Waals surface area contributed by atoms with Crippen LogP contribution in [0.3, 0.4) is 0 Å². The van der Waals surface area contributed by atoms with Crippen LogP contribution in [0.5, 0.6) is 0 Å². The van der Waals surface area contributed by atoms with E-state index in [9.17, 15) is 15.0 Å². The van der Waals surface area contributed by atoms with Crippen molar-refractivity contribution in [3.63, 3.8) is 0 Å². The van der Waals surface area contributed by atoms with Gasteiger partial charge in [-0.25, -0.2) is 0 Å². The number of hydrogen-bond acceptors (Lipinski definition) is 4. The maximum absolute atomic E-state index is 14.0. The van der Waals surface area contributed by atoms with Gasteiger partial charge in [-0.05, 0) is 54.4 Å². The van der Waals surface area contributed by atoms with E-state index >= 15 is 0 Å². The average Bonchev–Trinajstić information content (AvgIpc) is 2.75. The van der Waals surface area contributed by atoms with Gasteiger partial charge in [0.25, 0.3) is 0 Å². The molecule has 2 aliphatic heterocycles. The fraction of sp³-hybridized carbons (Fsp3) is 0.800. The van der Waals surface area contributed by atoms with Crippen molar-refractivity contribution in [1.29, 1.82) is 0 Å². The number of rotatable bonds is 0. The molecule has 9 atom stereocenters. The topological polar surface area (TPSA) is 66.8 Å². The predicted molar refractivity (Wildman–Crippen MR) is 109 cm³/mol. The Morgan fingerprint density at radius 2 is 1.90 bits per heavy atom. The van der Waals surface area contributed by atoms with E-state index < -0.39 is 34.1 Å². The number of ether oxygens (including phenoxy) is 1. The smallest absolute Gasteiger partial charge is 0.168 e. The molecule has 6 fully saturated rings. The van der Waals surface area contributed by atoms with Crippen molar-refractivity contribution in [2.75, 3.05) is 6.61 Å². The summed E-state index contributed by atoms with van der Waals surface area (Å²) in [5, 5.41) is 22.9. The Bertz CT molecular complexity index is 870. The lowest BCUT2D eigenvalue weighted by molar-refractivity contribution is -0.386. The summed E-state index contributed by atoms with van der Waals surface area (Å²) in [4.78, 5) is 14.0. The first kappa shape index (κ1) is 18.8. The summed E-state index contributed by atoms with van der Waals surface area (Å²) in [7, 11) is 0. The molecule has 4 bridgehead atoms. The van der Waals surface area contributed by atoms with E-state index in [4.69, 9.17) is 4.74 Å². The molecule has 7 rings (SSSR count). The highest BCUT2D eigenvalue weighted by molar-refractivity contribution is 6.05. The Morgan fingerprint density at radius 3 is 2.62 bits per heavy atom. The third-order valence-corrected chi connectivity index (χ3v) is 10.5. The highest BCUT2D eigenvalue weighted by atomic mass is 16.5. The van der Waals surface area contributed by atoms with Crippen LogP contribution >= 0.6 is 0 Å². The number of Topliss-reactive ketones (excluding diaryl/α,β-unsaturated/α-hetero) is 1. The number of aliphatic hydroxyl groups excluding tert-OH is 2. The van der Waals surface area contributed by atoms with Crippen molar-refractivity contribution in [2.45, 2.75) is 71.2 Å². The second-order valence-electron chi connectivity index (χ2n) is 12.4. The first-order valence-corrected chi connectivity index (χ1v) is 11.4. The van der Waals surface area contributed by atoms with Gasteiger partial charge in [-0.1, -0.05) is 46.4 Å². The Labute approximate surface area is 173 Å². The number of aliphatic hydroxyl groups is 2. The summed E-state index contributed by atoms with van der Waals surface area (Å²) in [6.45, 7) is 13.5. The molecule has 158 valence electrons. The largest absolute Gasteiger partial charge is 0.390 e. The molecule has 0 radical (unpaired) electrons. The minimum absolute atomic E-state index is 0.00914. The molecule has 0 aromatic carbocycles. The van der Waals surface area contributed by atoms with Gasteiger partial charge in [0.2, 0.25) is 0 Å². The number of allylic oxidation sites excluding steroid dienone is 1. The lowest BCUT2D eigenvalue weighted by atomic mass is 9.31. The van der Waals surface area contributed by atoms with Gasteiger partial charge in [-0.3, -0.25) is 4.79 Å². The highest BCUT2D eigenvalue weighted by Crippen LogP contribution is 2.81. The normalized spacial score (nSPS) is 58.1. The zero-order valence-electron chi connectivity index (χ0n) is 18.1. The van der Waals surface area contributed by atoms with Crippen molar-refractivity contribution in [2.24, 2.45) is 45.3 Å². The molecule has 2 heterocycles. The molecular formula is C25H34O4. The highest BCUT2D eigenvalue weighted by Gasteiger charge is 2.86. The van der Waals surface area contributed by atoms with Gasteiger partial charge in [0.05, 0.1) is 24.2 Å². The summed E-state index contributed by atoms with van der Waals surface area (Å²) in [6.07, 6.45) is 6.35. The summed E-state index contributed by atoms with van der Waals surface area (Å²) in [6, 6.07) is 0. The fourth-order valence-electron chi connectivity index (χ4n) is 9.75. The van der Waals surface area contributed by atoms with Crippen LogP contribution in [0.25, 0.3) is 0 Å². The van der Waals surface area contributed by atoms with E-state index in [0.29, 0.717) is 13.0 Å². The third-order valence-electron chi connectivity index (χ3n) is 10.5. The molecule has 2 saturated heterocycles. The zero-order valence-corrected chi connectivity index (χ0v) is 18.1. The van der Waals surface area contributed by atoms with Crippen molar-refractivity contribution in [3.05, 3.63) is 24.3 Å². The first-order chi connectivity index (χ1) is 13.5. The van der Waals surface area contributed by atoms with E-state index in [1.165, 1.54) is 0 Å². The molecule has 0 unspecified atom stereocenters. The molecule has 3 spiro atoms. The first-order valence-electron chi connectivity index (χ1n) is 11.4. The van der Waals surface area contributed by atoms with Gasteiger partial charge in [0.15, 0.2) is 5.78 Å². The fourth-order valence-corrected chi connectivity index (χ4v) is 9.75. The maximum atomic E-state index is 14.0. The molecule has 5 aliphatic carbocycles. The standard InChI is InChI=1S/C25H34O4/c1-13-14-6-7-16-23-9-8-17(26)22(4,5)18(23)20(28)24(29-12-23)11-21(2,3)10-15(14)25(16,24)19(13)27/h8-9,14-18,20,26,28H,1,6-7,10-12H2,2-5H3/t14-,15+,16-,17-,18+,20-,23+,24+,25-/m0/s1. The molecule has 0 aromatic rings. The number of hydrogen-bond donors (Lipinski definition) is 2. The van der Waals surface area contributed by atoms with Crippen molar-refractivity contribution in [1.82, 2.24) is 0 Å². The lowest BCUT2D eigenvalue weighted by Crippen LogP contribution is -2.84. The second kappa shape index (κ2) is 4.92. The monoisotopic (exact) mass is 398 g/mol. The average molecular weight is 399 g/mol. The minimum atomic E-state index is -0.867. The van der Waals surface area contributed by atoms with Gasteiger partial charge >= 0.3 is 0 Å². The summed E-state index contributed by atoms with van der Waals surface area (Å²) in [5.41, 5.74) is -1.61. The molecule has 0 amide bonds. The minimum Gasteiger partial charge on any atom is -0.390 e. The molecule has 4 nitrogen and oxygen atoms in total. The second-order valence-corrected chi connectivity index (χ2v) is 12.4. The van der Waals surface area contributed by atoms with Gasteiger partial charge in [0.1, 0.15) is 5.60 Å². The number of ketones is 1. The van der Waals surface area contributed by atoms with Crippen LogP contribution in [0.2, 0.25) is 0 Å². The van der Waals surface area contributed by atoms with E-state index in [1.54, 1.807) is 0 Å². The third kappa shape index (κ3) is 1.66. The SMILES string of the molecule is C=C1C(=O)[C@@]23[C@@H]4CC(C)(C)C[C@]25OC[C@]2(C=C[C@H](O)C(C)(C)[C@H]2[C@@H]5O)[C@@H]3CC[C@@H]14. The number of fused-ring (bicyclic) bond motifs is 1. The van der Waals surface area contributed by atoms with Crippen molar-refractivity contribution in [3.8, 4) is 0 Å². The molecule has 7 aliphatic rings. The predicted octanol–water partition coefficient (Wildman–Crippen LogP) is 3.28. The van der Waals surface area contributed by atoms with Gasteiger partial charge in [-0.15, -0.1) is 0 Å². The molecule has 4 heteroatoms. The van der Waals surface area contributed by atoms with E-state index in [1.807, 2.05) is 6.08 Å². The number of carbonyl (C=O) groups is 1. The molecule has 4 saturated carbocycles. The van der Waals surface area contributed by atoms with Gasteiger partial charge in [-0.2, -0.15) is 0 Å². The van der Waals surface area contributed by atoms with Gasteiger partial charge in [0, 0.05) is 16.7 Å². The van der Waals surface area contributed by atoms with E-state index in [-0.39, 0.29) is 34.9 Å². The summed E-state index contributed by atoms with van der Waals surface area (Å²) in [5.74, 6) is 0.656. The Kier molecular flexibility index (Phi) is 3.18. The van der Waals surface area contributed by atoms with Crippen LogP contribution in [-0.4, -0.2) is 40.4 Å². The zero-order chi connectivity index (χ0) is 20.8. The van der Waals surface area contributed by atoms with E-state index in [0.717, 1.165) is 24.8 Å². The Morgan fingerprint density at radius 1 is 1.17 bits per heavy atom. The quantitative estimate of drug-likeness (QED) is 0.485. The van der Waals surface area contributed by atoms with Crippen LogP contribution in [0.15, 0.2) is 24.3 Å². The summed E-state index contributed by atoms with van der Waals surface area (Å²) < 4.78 is 6.74. The van der Waals surface area contributed by atoms with Crippen LogP contribution in [0.1, 0.15) is 53.4 Å². The molecule has 29 heavy (non-hydrogen) atoms. The van der Waals surface area contributed by atoms with Crippen LogP contribution in [-0.2, 0) is 9.53 Å². The van der Waals surface area contributed by atoms with E-state index in [2.05, 4.69) is 40.3 Å². The molecule has 2 N–H and O–H groups in total. The lowest BCUT2D eigenvalue weighted by Gasteiger charge is -2.78. The summed E-state index contributed by atoms with van der Waals surface area (Å²) >= 11 is 0. The van der Waals surface area contributed by atoms with Crippen molar-refractivity contribution < 1.29 is 19.7 Å². The van der Waals surface area contributed by atoms with Crippen molar-refractivity contribution >= 4 is 5.78 Å². The number of carbonyl (C=O) groups excluding carboxylic acids is 1. The Hall–Kier alpha value is -0.970. The Balaban J connectivity index is 1.68. The molecular weight excluding hydrogens is 364 g/mol.